The van der Waals surface area contributed by atoms with Crippen molar-refractivity contribution in [3.63, 3.8) is 0 Å². The van der Waals surface area contributed by atoms with Crippen LogP contribution in [-0.2, 0) is 16.0 Å². The van der Waals surface area contributed by atoms with Crippen molar-refractivity contribution in [1.82, 2.24) is 0 Å². The molecule has 0 saturated carbocycles. The molecule has 0 amide bonds. The number of thioether (sulfide) groups is 1. The zero-order valence-corrected chi connectivity index (χ0v) is 20.2. The number of Topliss-reactive ketones (excluding diaryl/α,β-unsaturated/α-hetero) is 1. The first kappa shape index (κ1) is 23.9. The number of benzene rings is 3. The first-order chi connectivity index (χ1) is 15.5. The maximum atomic E-state index is 12.9. The Kier molecular flexibility index (Phi) is 8.81. The average Bonchev–Trinajstić information content (AvgIpc) is 2.81. The van der Waals surface area contributed by atoms with E-state index in [0.29, 0.717) is 18.6 Å². The molecule has 3 rings (SSSR count). The van der Waals surface area contributed by atoms with Gasteiger partial charge in [-0.3, -0.25) is 4.79 Å². The minimum absolute atomic E-state index is 0.186. The molecule has 4 heteroatoms. The molecule has 0 N–H and O–H groups in total. The Hall–Kier alpha value is -2.72. The minimum atomic E-state index is 0.186. The second kappa shape index (κ2) is 11.8. The normalized spacial score (nSPS) is 13.6. The molecule has 3 aromatic rings. The Morgan fingerprint density at radius 3 is 2.53 bits per heavy atom. The third-order valence-corrected chi connectivity index (χ3v) is 7.31. The third-order valence-electron chi connectivity index (χ3n) is 5.68. The summed E-state index contributed by atoms with van der Waals surface area (Å²) in [6.07, 6.45) is 3.65. The van der Waals surface area contributed by atoms with Gasteiger partial charge in [0.25, 0.3) is 0 Å². The van der Waals surface area contributed by atoms with Gasteiger partial charge in [0, 0.05) is 23.0 Å². The summed E-state index contributed by atoms with van der Waals surface area (Å²) < 4.78 is 10.6. The maximum absolute atomic E-state index is 12.9. The average molecular weight is 449 g/mol. The molecule has 0 bridgehead atoms. The summed E-state index contributed by atoms with van der Waals surface area (Å²) in [4.78, 5) is 14.1. The molecule has 0 aliphatic carbocycles. The predicted octanol–water partition coefficient (Wildman–Crippen LogP) is 7.09. The van der Waals surface area contributed by atoms with Gasteiger partial charge in [-0.05, 0) is 65.4 Å². The fraction of sp³-hybridized carbons (Fsp3) is 0.321. The van der Waals surface area contributed by atoms with Gasteiger partial charge in [-0.2, -0.15) is 0 Å². The molecule has 3 nitrogen and oxygen atoms in total. The van der Waals surface area contributed by atoms with Gasteiger partial charge in [0.2, 0.25) is 0 Å². The van der Waals surface area contributed by atoms with Gasteiger partial charge in [-0.25, -0.2) is 0 Å². The molecular formula is C28H32O3S. The number of aryl methyl sites for hydroxylation is 1. The topological polar surface area (TPSA) is 35.5 Å². The quantitative estimate of drug-likeness (QED) is 0.232. The largest absolute Gasteiger partial charge is 0.504 e. The minimum Gasteiger partial charge on any atom is -0.504 e. The molecule has 0 radical (unpaired) electrons. The van der Waals surface area contributed by atoms with Crippen LogP contribution in [0.25, 0.3) is 10.8 Å². The summed E-state index contributed by atoms with van der Waals surface area (Å²) in [7, 11) is 3.35. The summed E-state index contributed by atoms with van der Waals surface area (Å²) in [5.74, 6) is 1.35. The van der Waals surface area contributed by atoms with Gasteiger partial charge >= 0.3 is 0 Å². The highest BCUT2D eigenvalue weighted by Gasteiger charge is 2.23. The number of fused-ring (bicyclic) bond motifs is 1. The molecule has 0 fully saturated rings. The van der Waals surface area contributed by atoms with Gasteiger partial charge in [-0.1, -0.05) is 49.4 Å². The molecule has 0 heterocycles. The van der Waals surface area contributed by atoms with Crippen molar-refractivity contribution in [2.24, 2.45) is 5.92 Å². The highest BCUT2D eigenvalue weighted by molar-refractivity contribution is 8.00. The smallest absolute Gasteiger partial charge is 0.133 e. The van der Waals surface area contributed by atoms with Crippen LogP contribution in [0, 0.1) is 5.92 Å². The van der Waals surface area contributed by atoms with Crippen LogP contribution in [0.2, 0.25) is 0 Å². The Bertz CT molecular complexity index is 1060. The molecule has 0 aromatic heterocycles. The van der Waals surface area contributed by atoms with Crippen LogP contribution >= 0.6 is 11.8 Å². The lowest BCUT2D eigenvalue weighted by atomic mass is 9.93. The van der Waals surface area contributed by atoms with E-state index in [9.17, 15) is 4.79 Å². The summed E-state index contributed by atoms with van der Waals surface area (Å²) in [6.45, 7) is 4.24. The fourth-order valence-electron chi connectivity index (χ4n) is 4.07. The summed E-state index contributed by atoms with van der Waals surface area (Å²) >= 11 is 1.79. The molecule has 0 aliphatic rings. The highest BCUT2D eigenvalue weighted by atomic mass is 32.2. The molecule has 0 spiro atoms. The zero-order valence-electron chi connectivity index (χ0n) is 19.3. The van der Waals surface area contributed by atoms with Crippen molar-refractivity contribution in [3.05, 3.63) is 84.1 Å². The van der Waals surface area contributed by atoms with Crippen molar-refractivity contribution >= 4 is 28.3 Å². The van der Waals surface area contributed by atoms with E-state index in [2.05, 4.69) is 50.2 Å². The first-order valence-corrected chi connectivity index (χ1v) is 11.9. The molecule has 32 heavy (non-hydrogen) atoms. The lowest BCUT2D eigenvalue weighted by molar-refractivity contribution is -0.119. The Balaban J connectivity index is 1.66. The van der Waals surface area contributed by atoms with Crippen LogP contribution in [0.3, 0.4) is 0 Å². The van der Waals surface area contributed by atoms with Crippen LogP contribution in [-0.4, -0.2) is 25.3 Å². The third kappa shape index (κ3) is 6.39. The second-order valence-electron chi connectivity index (χ2n) is 8.17. The SMILES string of the molecule is COC=C(C)C(Sc1ccccc1)C(C)CC(=O)CCc1cccc2cc(OC)ccc12. The van der Waals surface area contributed by atoms with Crippen molar-refractivity contribution in [3.8, 4) is 5.75 Å². The standard InChI is InChI=1S/C28H32O3S/c1-20(28(21(2)19-30-3)32-26-11-6-5-7-12-26)17-24(29)14-13-22-9-8-10-23-18-25(31-4)15-16-27(22)23/h5-12,15-16,18-20,28H,13-14,17H2,1-4H3. The molecule has 0 saturated heterocycles. The van der Waals surface area contributed by atoms with Gasteiger partial charge < -0.3 is 9.47 Å². The van der Waals surface area contributed by atoms with E-state index in [-0.39, 0.29) is 11.2 Å². The van der Waals surface area contributed by atoms with Crippen molar-refractivity contribution < 1.29 is 14.3 Å². The number of methoxy groups -OCH3 is 2. The Labute approximate surface area is 195 Å². The molecule has 2 unspecified atom stereocenters. The summed E-state index contributed by atoms with van der Waals surface area (Å²) in [5, 5.41) is 2.51. The van der Waals surface area contributed by atoms with Crippen molar-refractivity contribution in [2.45, 2.75) is 43.3 Å². The number of hydrogen-bond acceptors (Lipinski definition) is 4. The predicted molar refractivity (Wildman–Crippen MR) is 134 cm³/mol. The van der Waals surface area contributed by atoms with Gasteiger partial charge in [0.05, 0.1) is 20.5 Å². The number of ketones is 1. The van der Waals surface area contributed by atoms with Crippen LogP contribution in [0.4, 0.5) is 0 Å². The Morgan fingerprint density at radius 2 is 1.81 bits per heavy atom. The molecule has 0 aliphatic heterocycles. The zero-order chi connectivity index (χ0) is 22.9. The van der Waals surface area contributed by atoms with E-state index in [1.54, 1.807) is 32.2 Å². The second-order valence-corrected chi connectivity index (χ2v) is 9.39. The van der Waals surface area contributed by atoms with Crippen molar-refractivity contribution in [1.29, 1.82) is 0 Å². The summed E-state index contributed by atoms with van der Waals surface area (Å²) in [5.41, 5.74) is 2.35. The van der Waals surface area contributed by atoms with E-state index in [0.717, 1.165) is 23.1 Å². The highest BCUT2D eigenvalue weighted by Crippen LogP contribution is 2.35. The fourth-order valence-corrected chi connectivity index (χ4v) is 5.25. The van der Waals surface area contributed by atoms with E-state index in [4.69, 9.17) is 9.47 Å². The van der Waals surface area contributed by atoms with Crippen LogP contribution < -0.4 is 4.74 Å². The molecular weight excluding hydrogens is 416 g/mol. The van der Waals surface area contributed by atoms with Crippen molar-refractivity contribution in [2.75, 3.05) is 14.2 Å². The van der Waals surface area contributed by atoms with Crippen LogP contribution in [0.1, 0.15) is 32.3 Å². The lowest BCUT2D eigenvalue weighted by Crippen LogP contribution is -2.20. The molecule has 2 atom stereocenters. The van der Waals surface area contributed by atoms with Crippen LogP contribution in [0.15, 0.2) is 83.5 Å². The lowest BCUT2D eigenvalue weighted by Gasteiger charge is -2.24. The number of rotatable bonds is 11. The van der Waals surface area contributed by atoms with E-state index in [1.165, 1.54) is 15.8 Å². The Morgan fingerprint density at radius 1 is 1.03 bits per heavy atom. The van der Waals surface area contributed by atoms with E-state index in [1.807, 2.05) is 30.3 Å². The number of carbonyl (C=O) groups excluding carboxylic acids is 1. The van der Waals surface area contributed by atoms with Gasteiger partial charge in [0.1, 0.15) is 11.5 Å². The number of carbonyl (C=O) groups is 1. The monoisotopic (exact) mass is 448 g/mol. The first-order valence-electron chi connectivity index (χ1n) is 11.0. The molecule has 168 valence electrons. The maximum Gasteiger partial charge on any atom is 0.133 e. The van der Waals surface area contributed by atoms with Gasteiger partial charge in [-0.15, -0.1) is 11.8 Å². The van der Waals surface area contributed by atoms with Gasteiger partial charge in [0.15, 0.2) is 0 Å². The van der Waals surface area contributed by atoms with E-state index >= 15 is 0 Å². The molecule has 3 aromatic carbocycles. The number of ether oxygens (including phenoxy) is 2. The van der Waals surface area contributed by atoms with E-state index < -0.39 is 0 Å². The number of hydrogen-bond donors (Lipinski definition) is 0. The summed E-state index contributed by atoms with van der Waals surface area (Å²) in [6, 6.07) is 22.7. The van der Waals surface area contributed by atoms with Crippen LogP contribution in [0.5, 0.6) is 5.75 Å².